The number of aliphatic hydroxyl groups excluding tert-OH is 1. The molecule has 0 saturated heterocycles. The van der Waals surface area contributed by atoms with Crippen LogP contribution in [0.15, 0.2) is 6.07 Å². The molecule has 1 aromatic rings. The van der Waals surface area contributed by atoms with Crippen molar-refractivity contribution in [3.05, 3.63) is 23.0 Å². The maximum absolute atomic E-state index is 10.4. The van der Waals surface area contributed by atoms with Crippen LogP contribution in [-0.4, -0.2) is 20.7 Å². The first-order valence-electron chi connectivity index (χ1n) is 7.78. The van der Waals surface area contributed by atoms with E-state index in [1.807, 2.05) is 11.8 Å². The highest BCUT2D eigenvalue weighted by Gasteiger charge is 2.39. The summed E-state index contributed by atoms with van der Waals surface area (Å²) in [5.74, 6) is 0. The van der Waals surface area contributed by atoms with Crippen molar-refractivity contribution in [3.8, 4) is 0 Å². The van der Waals surface area contributed by atoms with Crippen molar-refractivity contribution in [3.63, 3.8) is 0 Å². The summed E-state index contributed by atoms with van der Waals surface area (Å²) in [6.45, 7) is 7.88. The Labute approximate surface area is 127 Å². The minimum atomic E-state index is -0.277. The summed E-state index contributed by atoms with van der Waals surface area (Å²) in [5.41, 5.74) is 4.12. The smallest absolute Gasteiger partial charge is 0.0812 e. The van der Waals surface area contributed by atoms with Crippen LogP contribution in [0.3, 0.4) is 0 Å². The second-order valence-corrected chi connectivity index (χ2v) is 8.85. The first-order chi connectivity index (χ1) is 9.36. The fourth-order valence-corrected chi connectivity index (χ4v) is 4.86. The second kappa shape index (κ2) is 4.81. The van der Waals surface area contributed by atoms with Gasteiger partial charge in [0, 0.05) is 28.2 Å². The molecule has 1 unspecified atom stereocenters. The molecule has 2 aliphatic rings. The number of aromatic nitrogens is 1. The molecule has 1 saturated carbocycles. The van der Waals surface area contributed by atoms with Crippen LogP contribution in [0.2, 0.25) is 0 Å². The van der Waals surface area contributed by atoms with E-state index < -0.39 is 0 Å². The van der Waals surface area contributed by atoms with Crippen molar-refractivity contribution < 1.29 is 5.11 Å². The zero-order chi connectivity index (χ0) is 14.5. The molecule has 1 heterocycles. The third-order valence-corrected chi connectivity index (χ3v) is 6.75. The Morgan fingerprint density at radius 2 is 2.10 bits per heavy atom. The summed E-state index contributed by atoms with van der Waals surface area (Å²) in [4.78, 5) is 0. The normalized spacial score (nSPS) is 26.9. The van der Waals surface area contributed by atoms with E-state index >= 15 is 0 Å². The van der Waals surface area contributed by atoms with Crippen molar-refractivity contribution >= 4 is 11.8 Å². The molecular formula is C17H27NOS. The van der Waals surface area contributed by atoms with Gasteiger partial charge >= 0.3 is 0 Å². The van der Waals surface area contributed by atoms with Crippen molar-refractivity contribution in [2.24, 2.45) is 5.41 Å². The van der Waals surface area contributed by atoms with Gasteiger partial charge in [-0.25, -0.2) is 0 Å². The molecule has 0 spiro atoms. The van der Waals surface area contributed by atoms with Crippen LogP contribution in [0.5, 0.6) is 0 Å². The maximum atomic E-state index is 10.4. The summed E-state index contributed by atoms with van der Waals surface area (Å²) >= 11 is 2.03. The highest BCUT2D eigenvalue weighted by molar-refractivity contribution is 8.00. The van der Waals surface area contributed by atoms with Crippen molar-refractivity contribution in [2.75, 3.05) is 6.26 Å². The first kappa shape index (κ1) is 14.5. The van der Waals surface area contributed by atoms with Gasteiger partial charge in [0.25, 0.3) is 0 Å². The average molecular weight is 293 g/mol. The van der Waals surface area contributed by atoms with Gasteiger partial charge < -0.3 is 9.67 Å². The van der Waals surface area contributed by atoms with Crippen molar-refractivity contribution in [1.29, 1.82) is 0 Å². The van der Waals surface area contributed by atoms with Crippen LogP contribution in [-0.2, 0) is 13.0 Å². The predicted molar refractivity (Wildman–Crippen MR) is 86.3 cm³/mol. The molecule has 1 fully saturated rings. The van der Waals surface area contributed by atoms with Crippen LogP contribution < -0.4 is 0 Å². The van der Waals surface area contributed by atoms with E-state index in [0.29, 0.717) is 4.75 Å². The lowest BCUT2D eigenvalue weighted by molar-refractivity contribution is 0.0975. The van der Waals surface area contributed by atoms with E-state index in [1.54, 1.807) is 0 Å². The minimum Gasteiger partial charge on any atom is -0.388 e. The standard InChI is InChI=1S/C17H27NOS/c1-12-8-13-14(9-16(2,3)10-15(13)19)18(12)11-17(20-4)6-5-7-17/h8,15,19H,5-7,9-11H2,1-4H3. The Balaban J connectivity index is 1.96. The van der Waals surface area contributed by atoms with Crippen LogP contribution in [0.25, 0.3) is 0 Å². The molecule has 2 nitrogen and oxygen atoms in total. The summed E-state index contributed by atoms with van der Waals surface area (Å²) in [6, 6.07) is 2.22. The van der Waals surface area contributed by atoms with Gasteiger partial charge in [0.1, 0.15) is 0 Å². The third kappa shape index (κ3) is 2.33. The molecule has 1 aromatic heterocycles. The van der Waals surface area contributed by atoms with E-state index in [1.165, 1.54) is 36.2 Å². The number of aliphatic hydroxyl groups is 1. The molecule has 0 radical (unpaired) electrons. The van der Waals surface area contributed by atoms with Crippen LogP contribution >= 0.6 is 11.8 Å². The Bertz CT molecular complexity index is 508. The Hall–Kier alpha value is -0.410. The average Bonchev–Trinajstić information content (AvgIpc) is 2.60. The van der Waals surface area contributed by atoms with Gasteiger partial charge in [0.05, 0.1) is 6.10 Å². The number of hydrogen-bond donors (Lipinski definition) is 1. The van der Waals surface area contributed by atoms with E-state index in [0.717, 1.165) is 19.4 Å². The van der Waals surface area contributed by atoms with E-state index in [2.05, 4.69) is 37.7 Å². The Morgan fingerprint density at radius 3 is 2.65 bits per heavy atom. The third-order valence-electron chi connectivity index (χ3n) is 5.34. The van der Waals surface area contributed by atoms with Crippen LogP contribution in [0, 0.1) is 12.3 Å². The van der Waals surface area contributed by atoms with Gasteiger partial charge in [-0.3, -0.25) is 0 Å². The van der Waals surface area contributed by atoms with Crippen molar-refractivity contribution in [2.45, 2.75) is 70.3 Å². The first-order valence-corrected chi connectivity index (χ1v) is 9.00. The SMILES string of the molecule is CSC1(Cn2c(C)cc3c2CC(C)(C)CC3O)CCC1. The zero-order valence-electron chi connectivity index (χ0n) is 13.2. The molecule has 3 rings (SSSR count). The van der Waals surface area contributed by atoms with Gasteiger partial charge in [-0.2, -0.15) is 11.8 Å². The molecule has 20 heavy (non-hydrogen) atoms. The minimum absolute atomic E-state index is 0.209. The Morgan fingerprint density at radius 1 is 1.40 bits per heavy atom. The van der Waals surface area contributed by atoms with Gasteiger partial charge in [-0.1, -0.05) is 20.3 Å². The van der Waals surface area contributed by atoms with Gasteiger partial charge in [0.2, 0.25) is 0 Å². The highest BCUT2D eigenvalue weighted by Crippen LogP contribution is 2.47. The summed E-state index contributed by atoms with van der Waals surface area (Å²) in [6.07, 6.45) is 8.01. The molecule has 3 heteroatoms. The van der Waals surface area contributed by atoms with Crippen molar-refractivity contribution in [1.82, 2.24) is 4.57 Å². The quantitative estimate of drug-likeness (QED) is 0.908. The summed E-state index contributed by atoms with van der Waals surface area (Å²) in [7, 11) is 0. The maximum Gasteiger partial charge on any atom is 0.0812 e. The number of hydrogen-bond acceptors (Lipinski definition) is 2. The molecular weight excluding hydrogens is 266 g/mol. The Kier molecular flexibility index (Phi) is 3.49. The molecule has 0 amide bonds. The monoisotopic (exact) mass is 293 g/mol. The number of nitrogens with zero attached hydrogens (tertiary/aromatic N) is 1. The van der Waals surface area contributed by atoms with Crippen LogP contribution in [0.1, 0.15) is 62.6 Å². The molecule has 112 valence electrons. The van der Waals surface area contributed by atoms with E-state index in [9.17, 15) is 5.11 Å². The number of aryl methyl sites for hydroxylation is 1. The lowest BCUT2D eigenvalue weighted by Crippen LogP contribution is -2.39. The van der Waals surface area contributed by atoms with E-state index in [-0.39, 0.29) is 11.5 Å². The number of thioether (sulfide) groups is 1. The lowest BCUT2D eigenvalue weighted by Gasteiger charge is -2.42. The number of rotatable bonds is 3. The topological polar surface area (TPSA) is 25.2 Å². The second-order valence-electron chi connectivity index (χ2n) is 7.58. The molecule has 0 aromatic carbocycles. The number of fused-ring (bicyclic) bond motifs is 1. The zero-order valence-corrected chi connectivity index (χ0v) is 14.0. The molecule has 0 aliphatic heterocycles. The van der Waals surface area contributed by atoms with Gasteiger partial charge in [-0.05, 0) is 50.3 Å². The largest absolute Gasteiger partial charge is 0.388 e. The van der Waals surface area contributed by atoms with Gasteiger partial charge in [-0.15, -0.1) is 0 Å². The van der Waals surface area contributed by atoms with E-state index in [4.69, 9.17) is 0 Å². The van der Waals surface area contributed by atoms with Gasteiger partial charge in [0.15, 0.2) is 0 Å². The molecule has 0 bridgehead atoms. The molecule has 2 aliphatic carbocycles. The summed E-state index contributed by atoms with van der Waals surface area (Å²) < 4.78 is 2.96. The lowest BCUT2D eigenvalue weighted by atomic mass is 9.75. The fourth-order valence-electron chi connectivity index (χ4n) is 3.91. The van der Waals surface area contributed by atoms with Crippen LogP contribution in [0.4, 0.5) is 0 Å². The predicted octanol–water partition coefficient (Wildman–Crippen LogP) is 4.09. The highest BCUT2D eigenvalue weighted by atomic mass is 32.2. The fraction of sp³-hybridized carbons (Fsp3) is 0.765. The molecule has 1 N–H and O–H groups in total. The summed E-state index contributed by atoms with van der Waals surface area (Å²) in [5, 5.41) is 10.4. The molecule has 1 atom stereocenters.